The smallest absolute Gasteiger partial charge is 0.137 e. The van der Waals surface area contributed by atoms with Gasteiger partial charge in [-0.1, -0.05) is 6.07 Å². The Balaban J connectivity index is 2.47. The van der Waals surface area contributed by atoms with E-state index in [9.17, 15) is 0 Å². The first-order valence-corrected chi connectivity index (χ1v) is 6.09. The summed E-state index contributed by atoms with van der Waals surface area (Å²) in [7, 11) is 5.24. The lowest BCUT2D eigenvalue weighted by molar-refractivity contribution is 0.413. The number of rotatable bonds is 5. The number of hydrogen-bond acceptors (Lipinski definition) is 4. The van der Waals surface area contributed by atoms with E-state index in [4.69, 9.17) is 9.47 Å². The third kappa shape index (κ3) is 3.03. The molecule has 0 saturated heterocycles. The Labute approximate surface area is 113 Å². The molecule has 4 nitrogen and oxygen atoms in total. The first-order valence-electron chi connectivity index (χ1n) is 6.09. The lowest BCUT2D eigenvalue weighted by Crippen LogP contribution is -2.06. The van der Waals surface area contributed by atoms with Crippen LogP contribution in [0.25, 0.3) is 11.1 Å². The number of nitrogens with one attached hydrogen (secondary N) is 1. The summed E-state index contributed by atoms with van der Waals surface area (Å²) in [4.78, 5) is 4.20. The van der Waals surface area contributed by atoms with Gasteiger partial charge in [-0.3, -0.25) is 4.98 Å². The Kier molecular flexibility index (Phi) is 4.36. The molecule has 100 valence electrons. The van der Waals surface area contributed by atoms with Crippen LogP contribution in [0.5, 0.6) is 11.5 Å². The van der Waals surface area contributed by atoms with Crippen molar-refractivity contribution in [3.8, 4) is 22.6 Å². The number of pyridine rings is 1. The molecule has 0 amide bonds. The lowest BCUT2D eigenvalue weighted by Gasteiger charge is -2.12. The Hall–Kier alpha value is -2.07. The topological polar surface area (TPSA) is 43.4 Å². The van der Waals surface area contributed by atoms with Gasteiger partial charge in [0.1, 0.15) is 11.5 Å². The molecular formula is C15H18N2O2. The predicted octanol–water partition coefficient (Wildman–Crippen LogP) is 2.49. The van der Waals surface area contributed by atoms with Crippen LogP contribution < -0.4 is 14.8 Å². The first kappa shape index (κ1) is 13.4. The van der Waals surface area contributed by atoms with E-state index >= 15 is 0 Å². The highest BCUT2D eigenvalue weighted by Crippen LogP contribution is 2.28. The average Bonchev–Trinajstić information content (AvgIpc) is 2.47. The second-order valence-electron chi connectivity index (χ2n) is 4.17. The number of hydrogen-bond donors (Lipinski definition) is 1. The zero-order valence-electron chi connectivity index (χ0n) is 11.4. The highest BCUT2D eigenvalue weighted by Gasteiger charge is 2.07. The summed E-state index contributed by atoms with van der Waals surface area (Å²) in [5.74, 6) is 1.61. The van der Waals surface area contributed by atoms with Gasteiger partial charge in [0.2, 0.25) is 0 Å². The van der Waals surface area contributed by atoms with Gasteiger partial charge in [0.15, 0.2) is 0 Å². The summed E-state index contributed by atoms with van der Waals surface area (Å²) in [5, 5.41) is 3.17. The normalized spacial score (nSPS) is 10.3. The van der Waals surface area contributed by atoms with Crippen molar-refractivity contribution < 1.29 is 9.47 Å². The second-order valence-corrected chi connectivity index (χ2v) is 4.17. The summed E-state index contributed by atoms with van der Waals surface area (Å²) in [6, 6.07) is 8.01. The van der Waals surface area contributed by atoms with E-state index in [0.717, 1.165) is 34.7 Å². The molecule has 1 aromatic carbocycles. The molecule has 0 bridgehead atoms. The zero-order valence-corrected chi connectivity index (χ0v) is 11.4. The molecule has 0 aliphatic heterocycles. The highest BCUT2D eigenvalue weighted by molar-refractivity contribution is 5.68. The summed E-state index contributed by atoms with van der Waals surface area (Å²) in [6.07, 6.45) is 3.54. The molecule has 0 aliphatic rings. The molecule has 1 heterocycles. The van der Waals surface area contributed by atoms with Crippen LogP contribution in [0.2, 0.25) is 0 Å². The third-order valence-electron chi connectivity index (χ3n) is 2.94. The molecule has 0 aliphatic carbocycles. The Bertz CT molecular complexity index is 556. The third-order valence-corrected chi connectivity index (χ3v) is 2.94. The van der Waals surface area contributed by atoms with Gasteiger partial charge in [-0.05, 0) is 36.4 Å². The van der Waals surface area contributed by atoms with Crippen molar-refractivity contribution in [2.24, 2.45) is 0 Å². The molecule has 0 radical (unpaired) electrons. The van der Waals surface area contributed by atoms with E-state index in [1.165, 1.54) is 0 Å². The molecule has 0 atom stereocenters. The van der Waals surface area contributed by atoms with E-state index in [1.807, 2.05) is 37.5 Å². The Morgan fingerprint density at radius 3 is 2.53 bits per heavy atom. The number of methoxy groups -OCH3 is 2. The molecule has 0 spiro atoms. The molecule has 0 unspecified atom stereocenters. The van der Waals surface area contributed by atoms with Crippen LogP contribution in [-0.2, 0) is 6.54 Å². The van der Waals surface area contributed by atoms with Crippen LogP contribution in [0, 0.1) is 0 Å². The van der Waals surface area contributed by atoms with Gasteiger partial charge in [-0.25, -0.2) is 0 Å². The van der Waals surface area contributed by atoms with Crippen LogP contribution in [-0.4, -0.2) is 26.3 Å². The summed E-state index contributed by atoms with van der Waals surface area (Å²) in [6.45, 7) is 0.768. The fourth-order valence-electron chi connectivity index (χ4n) is 1.99. The van der Waals surface area contributed by atoms with Crippen LogP contribution in [0.3, 0.4) is 0 Å². The second kappa shape index (κ2) is 6.20. The van der Waals surface area contributed by atoms with E-state index in [1.54, 1.807) is 20.4 Å². The SMILES string of the molecule is CNCc1cc(OC)ccc1-c1cncc(OC)c1. The molecule has 4 heteroatoms. The monoisotopic (exact) mass is 258 g/mol. The number of aromatic nitrogens is 1. The van der Waals surface area contributed by atoms with Crippen molar-refractivity contribution in [2.75, 3.05) is 21.3 Å². The fraction of sp³-hybridized carbons (Fsp3) is 0.267. The summed E-state index contributed by atoms with van der Waals surface area (Å²) in [5.41, 5.74) is 3.32. The highest BCUT2D eigenvalue weighted by atomic mass is 16.5. The van der Waals surface area contributed by atoms with Crippen molar-refractivity contribution >= 4 is 0 Å². The summed E-state index contributed by atoms with van der Waals surface area (Å²) < 4.78 is 10.5. The molecule has 1 N–H and O–H groups in total. The van der Waals surface area contributed by atoms with Crippen molar-refractivity contribution in [2.45, 2.75) is 6.54 Å². The molecule has 0 fully saturated rings. The van der Waals surface area contributed by atoms with Gasteiger partial charge in [0, 0.05) is 18.3 Å². The molecule has 1 aromatic heterocycles. The van der Waals surface area contributed by atoms with E-state index in [-0.39, 0.29) is 0 Å². The van der Waals surface area contributed by atoms with Gasteiger partial charge in [-0.15, -0.1) is 0 Å². The van der Waals surface area contributed by atoms with Crippen LogP contribution in [0.15, 0.2) is 36.7 Å². The lowest BCUT2D eigenvalue weighted by atomic mass is 10.0. The first-order chi connectivity index (χ1) is 9.28. The van der Waals surface area contributed by atoms with Gasteiger partial charge in [0.05, 0.1) is 20.4 Å². The Morgan fingerprint density at radius 1 is 1.05 bits per heavy atom. The fourth-order valence-corrected chi connectivity index (χ4v) is 1.99. The zero-order chi connectivity index (χ0) is 13.7. The maximum Gasteiger partial charge on any atom is 0.137 e. The van der Waals surface area contributed by atoms with Crippen LogP contribution in [0.1, 0.15) is 5.56 Å². The van der Waals surface area contributed by atoms with E-state index in [0.29, 0.717) is 0 Å². The van der Waals surface area contributed by atoms with Gasteiger partial charge < -0.3 is 14.8 Å². The predicted molar refractivity (Wildman–Crippen MR) is 75.5 cm³/mol. The van der Waals surface area contributed by atoms with Gasteiger partial charge in [0.25, 0.3) is 0 Å². The molecule has 2 aromatic rings. The molecular weight excluding hydrogens is 240 g/mol. The van der Waals surface area contributed by atoms with Crippen molar-refractivity contribution in [3.05, 3.63) is 42.2 Å². The van der Waals surface area contributed by atoms with E-state index < -0.39 is 0 Å². The molecule has 19 heavy (non-hydrogen) atoms. The maximum atomic E-state index is 5.27. The minimum absolute atomic E-state index is 0.753. The standard InChI is InChI=1S/C15H18N2O2/c1-16-8-11-6-13(18-2)4-5-15(11)12-7-14(19-3)10-17-9-12/h4-7,9-10,16H,8H2,1-3H3. The number of nitrogens with zero attached hydrogens (tertiary/aromatic N) is 1. The minimum Gasteiger partial charge on any atom is -0.497 e. The quantitative estimate of drug-likeness (QED) is 0.894. The molecule has 2 rings (SSSR count). The molecule has 0 saturated carbocycles. The van der Waals surface area contributed by atoms with Gasteiger partial charge >= 0.3 is 0 Å². The summed E-state index contributed by atoms with van der Waals surface area (Å²) >= 11 is 0. The van der Waals surface area contributed by atoms with E-state index in [2.05, 4.69) is 10.3 Å². The van der Waals surface area contributed by atoms with Crippen molar-refractivity contribution in [1.29, 1.82) is 0 Å². The average molecular weight is 258 g/mol. The maximum absolute atomic E-state index is 5.27. The van der Waals surface area contributed by atoms with Crippen LogP contribution in [0.4, 0.5) is 0 Å². The van der Waals surface area contributed by atoms with Crippen molar-refractivity contribution in [3.63, 3.8) is 0 Å². The van der Waals surface area contributed by atoms with Crippen LogP contribution >= 0.6 is 0 Å². The minimum atomic E-state index is 0.753. The largest absolute Gasteiger partial charge is 0.497 e. The Morgan fingerprint density at radius 2 is 1.84 bits per heavy atom. The van der Waals surface area contributed by atoms with Gasteiger partial charge in [-0.2, -0.15) is 0 Å². The van der Waals surface area contributed by atoms with Crippen molar-refractivity contribution in [1.82, 2.24) is 10.3 Å². The number of benzene rings is 1. The number of ether oxygens (including phenoxy) is 2.